The third-order valence-corrected chi connectivity index (χ3v) is 6.78. The smallest absolute Gasteiger partial charge is 0.113 e. The van der Waals surface area contributed by atoms with Gasteiger partial charge in [0.15, 0.2) is 0 Å². The van der Waals surface area contributed by atoms with Gasteiger partial charge in [0.05, 0.1) is 11.2 Å². The van der Waals surface area contributed by atoms with Gasteiger partial charge in [-0.05, 0) is 50.4 Å². The topological polar surface area (TPSA) is 38.9 Å². The Hall–Kier alpha value is -0.410. The molecule has 3 heteroatoms. The number of aromatic nitrogens is 1. The van der Waals surface area contributed by atoms with Crippen LogP contribution in [0.25, 0.3) is 0 Å². The average molecular weight is 295 g/mol. The van der Waals surface area contributed by atoms with Gasteiger partial charge in [0.2, 0.25) is 0 Å². The standard InChI is InChI=1S/C17H30N2S/c1-6-14-12(3)20-15(19-14)17(18)10-8-13(9-11-17)16(4,5)7-2/h13H,6-11,18H2,1-5H3. The molecule has 0 aromatic carbocycles. The molecule has 0 amide bonds. The maximum atomic E-state index is 6.71. The van der Waals surface area contributed by atoms with E-state index in [1.54, 1.807) is 0 Å². The van der Waals surface area contributed by atoms with E-state index in [2.05, 4.69) is 34.6 Å². The lowest BCUT2D eigenvalue weighted by molar-refractivity contribution is 0.115. The lowest BCUT2D eigenvalue weighted by atomic mass is 9.66. The fourth-order valence-electron chi connectivity index (χ4n) is 3.39. The molecule has 2 rings (SSSR count). The molecule has 2 nitrogen and oxygen atoms in total. The summed E-state index contributed by atoms with van der Waals surface area (Å²) in [7, 11) is 0. The maximum absolute atomic E-state index is 6.71. The third-order valence-electron chi connectivity index (χ3n) is 5.55. The summed E-state index contributed by atoms with van der Waals surface area (Å²) in [5.74, 6) is 0.816. The molecule has 0 radical (unpaired) electrons. The van der Waals surface area contributed by atoms with Gasteiger partial charge in [-0.1, -0.05) is 34.1 Å². The lowest BCUT2D eigenvalue weighted by Crippen LogP contribution is -2.42. The summed E-state index contributed by atoms with van der Waals surface area (Å²) < 4.78 is 0. The Labute approximate surface area is 128 Å². The van der Waals surface area contributed by atoms with Gasteiger partial charge < -0.3 is 5.73 Å². The maximum Gasteiger partial charge on any atom is 0.113 e. The second-order valence-corrected chi connectivity index (χ2v) is 8.35. The van der Waals surface area contributed by atoms with Crippen LogP contribution in [0.5, 0.6) is 0 Å². The normalized spacial score (nSPS) is 27.8. The van der Waals surface area contributed by atoms with Gasteiger partial charge in [0.25, 0.3) is 0 Å². The molecule has 114 valence electrons. The fraction of sp³-hybridized carbons (Fsp3) is 0.824. The van der Waals surface area contributed by atoms with Gasteiger partial charge in [-0.15, -0.1) is 11.3 Å². The van der Waals surface area contributed by atoms with E-state index in [1.807, 2.05) is 11.3 Å². The second-order valence-electron chi connectivity index (χ2n) is 7.15. The number of aryl methyl sites for hydroxylation is 2. The first kappa shape index (κ1) is 16.0. The molecule has 1 aliphatic rings. The number of rotatable bonds is 4. The van der Waals surface area contributed by atoms with Gasteiger partial charge >= 0.3 is 0 Å². The summed E-state index contributed by atoms with van der Waals surface area (Å²) in [6, 6.07) is 0. The van der Waals surface area contributed by atoms with Crippen LogP contribution < -0.4 is 5.73 Å². The molecule has 0 saturated heterocycles. The van der Waals surface area contributed by atoms with Crippen molar-refractivity contribution in [3.05, 3.63) is 15.6 Å². The molecular formula is C17H30N2S. The van der Waals surface area contributed by atoms with E-state index in [-0.39, 0.29) is 5.54 Å². The van der Waals surface area contributed by atoms with Crippen molar-refractivity contribution in [3.8, 4) is 0 Å². The van der Waals surface area contributed by atoms with Crippen molar-refractivity contribution in [2.45, 2.75) is 78.7 Å². The van der Waals surface area contributed by atoms with Gasteiger partial charge in [-0.25, -0.2) is 4.98 Å². The van der Waals surface area contributed by atoms with E-state index in [4.69, 9.17) is 10.7 Å². The molecule has 1 fully saturated rings. The summed E-state index contributed by atoms with van der Waals surface area (Å²) in [6.07, 6.45) is 6.96. The van der Waals surface area contributed by atoms with Crippen molar-refractivity contribution < 1.29 is 0 Å². The minimum absolute atomic E-state index is 0.164. The first-order chi connectivity index (χ1) is 9.32. The summed E-state index contributed by atoms with van der Waals surface area (Å²) in [4.78, 5) is 6.17. The number of nitrogens with two attached hydrogens (primary N) is 1. The van der Waals surface area contributed by atoms with Crippen LogP contribution in [0.1, 0.15) is 75.4 Å². The van der Waals surface area contributed by atoms with Crippen LogP contribution in [-0.4, -0.2) is 4.98 Å². The van der Waals surface area contributed by atoms with Gasteiger partial charge in [-0.2, -0.15) is 0 Å². The molecule has 1 aromatic rings. The minimum atomic E-state index is -0.164. The van der Waals surface area contributed by atoms with Gasteiger partial charge in [-0.3, -0.25) is 0 Å². The predicted molar refractivity (Wildman–Crippen MR) is 88.1 cm³/mol. The van der Waals surface area contributed by atoms with E-state index in [0.29, 0.717) is 5.41 Å². The van der Waals surface area contributed by atoms with E-state index in [9.17, 15) is 0 Å². The van der Waals surface area contributed by atoms with Crippen LogP contribution in [0, 0.1) is 18.3 Å². The Morgan fingerprint density at radius 1 is 1.30 bits per heavy atom. The molecule has 1 aromatic heterocycles. The minimum Gasteiger partial charge on any atom is -0.319 e. The Morgan fingerprint density at radius 2 is 1.90 bits per heavy atom. The van der Waals surface area contributed by atoms with Gasteiger partial charge in [0.1, 0.15) is 5.01 Å². The monoisotopic (exact) mass is 294 g/mol. The van der Waals surface area contributed by atoms with Crippen LogP contribution in [0.4, 0.5) is 0 Å². The van der Waals surface area contributed by atoms with E-state index in [0.717, 1.165) is 25.2 Å². The third kappa shape index (κ3) is 2.94. The molecule has 0 bridgehead atoms. The molecule has 0 atom stereocenters. The number of hydrogen-bond donors (Lipinski definition) is 1. The molecule has 0 unspecified atom stereocenters. The van der Waals surface area contributed by atoms with Crippen LogP contribution >= 0.6 is 11.3 Å². The zero-order valence-electron chi connectivity index (χ0n) is 13.8. The van der Waals surface area contributed by atoms with Crippen molar-refractivity contribution in [2.75, 3.05) is 0 Å². The molecule has 1 heterocycles. The first-order valence-corrected chi connectivity index (χ1v) is 8.89. The number of hydrogen-bond acceptors (Lipinski definition) is 3. The SMILES string of the molecule is CCc1nc(C2(N)CCC(C(C)(C)CC)CC2)sc1C. The first-order valence-electron chi connectivity index (χ1n) is 8.08. The molecule has 2 N–H and O–H groups in total. The van der Waals surface area contributed by atoms with Crippen LogP contribution in [0.2, 0.25) is 0 Å². The Kier molecular flexibility index (Phi) is 4.60. The Morgan fingerprint density at radius 3 is 2.35 bits per heavy atom. The molecule has 0 spiro atoms. The molecule has 1 saturated carbocycles. The summed E-state index contributed by atoms with van der Waals surface area (Å²) in [5, 5.41) is 1.18. The Balaban J connectivity index is 2.11. The highest BCUT2D eigenvalue weighted by molar-refractivity contribution is 7.11. The highest BCUT2D eigenvalue weighted by Gasteiger charge is 2.40. The summed E-state index contributed by atoms with van der Waals surface area (Å²) in [5.41, 5.74) is 8.24. The fourth-order valence-corrected chi connectivity index (χ4v) is 4.55. The van der Waals surface area contributed by atoms with E-state index >= 15 is 0 Å². The zero-order valence-corrected chi connectivity index (χ0v) is 14.6. The lowest BCUT2D eigenvalue weighted by Gasteiger charge is -2.42. The number of nitrogens with zero attached hydrogens (tertiary/aromatic N) is 1. The van der Waals surface area contributed by atoms with Gasteiger partial charge in [0, 0.05) is 4.88 Å². The Bertz CT molecular complexity index is 454. The largest absolute Gasteiger partial charge is 0.319 e. The number of thiazole rings is 1. The molecule has 1 aliphatic carbocycles. The average Bonchev–Trinajstić information content (AvgIpc) is 2.81. The molecule has 20 heavy (non-hydrogen) atoms. The van der Waals surface area contributed by atoms with Crippen LogP contribution in [-0.2, 0) is 12.0 Å². The summed E-state index contributed by atoms with van der Waals surface area (Å²) in [6.45, 7) is 11.5. The van der Waals surface area contributed by atoms with E-state index in [1.165, 1.54) is 34.8 Å². The van der Waals surface area contributed by atoms with Crippen LogP contribution in [0.3, 0.4) is 0 Å². The molecular weight excluding hydrogens is 264 g/mol. The van der Waals surface area contributed by atoms with E-state index < -0.39 is 0 Å². The molecule has 0 aliphatic heterocycles. The van der Waals surface area contributed by atoms with Crippen LogP contribution in [0.15, 0.2) is 0 Å². The zero-order chi connectivity index (χ0) is 15.0. The highest BCUT2D eigenvalue weighted by Crippen LogP contribution is 2.46. The van der Waals surface area contributed by atoms with Crippen molar-refractivity contribution in [1.29, 1.82) is 0 Å². The van der Waals surface area contributed by atoms with Crippen molar-refractivity contribution >= 4 is 11.3 Å². The van der Waals surface area contributed by atoms with Crippen molar-refractivity contribution in [2.24, 2.45) is 17.1 Å². The predicted octanol–water partition coefficient (Wildman–Crippen LogP) is 4.79. The second kappa shape index (κ2) is 5.76. The highest BCUT2D eigenvalue weighted by atomic mass is 32.1. The van der Waals surface area contributed by atoms with Crippen molar-refractivity contribution in [3.63, 3.8) is 0 Å². The quantitative estimate of drug-likeness (QED) is 0.866. The summed E-state index contributed by atoms with van der Waals surface area (Å²) >= 11 is 1.82. The van der Waals surface area contributed by atoms with Crippen molar-refractivity contribution in [1.82, 2.24) is 4.98 Å².